The summed E-state index contributed by atoms with van der Waals surface area (Å²) >= 11 is 0. The van der Waals surface area contributed by atoms with Gasteiger partial charge in [0.05, 0.1) is 0 Å². The Morgan fingerprint density at radius 3 is 2.44 bits per heavy atom. The topological polar surface area (TPSA) is 37.8 Å². The van der Waals surface area contributed by atoms with Crippen molar-refractivity contribution in [2.75, 3.05) is 12.4 Å². The third-order valence-corrected chi connectivity index (χ3v) is 3.74. The summed E-state index contributed by atoms with van der Waals surface area (Å²) in [6.07, 6.45) is 7.90. The minimum absolute atomic E-state index is 0.647. The Morgan fingerprint density at radius 2 is 1.81 bits per heavy atom. The van der Waals surface area contributed by atoms with Gasteiger partial charge in [-0.1, -0.05) is 12.8 Å². The Kier molecular flexibility index (Phi) is 2.54. The molecule has 0 saturated heterocycles. The van der Waals surface area contributed by atoms with Gasteiger partial charge in [-0.2, -0.15) is 0 Å². The number of aromatic nitrogens is 2. The monoisotopic (exact) mass is 217 g/mol. The highest BCUT2D eigenvalue weighted by atomic mass is 15.0. The lowest BCUT2D eigenvalue weighted by Crippen LogP contribution is -2.05. The molecule has 86 valence electrons. The molecule has 2 saturated carbocycles. The number of rotatable bonds is 3. The molecule has 1 aromatic heterocycles. The third kappa shape index (κ3) is 1.91. The van der Waals surface area contributed by atoms with Gasteiger partial charge in [-0.05, 0) is 25.7 Å². The van der Waals surface area contributed by atoms with E-state index in [0.29, 0.717) is 11.8 Å². The van der Waals surface area contributed by atoms with Crippen molar-refractivity contribution in [2.45, 2.75) is 50.4 Å². The number of anilines is 1. The Hall–Kier alpha value is -1.12. The van der Waals surface area contributed by atoms with Crippen molar-refractivity contribution < 1.29 is 0 Å². The molecule has 0 radical (unpaired) electrons. The van der Waals surface area contributed by atoms with Gasteiger partial charge in [0.1, 0.15) is 11.6 Å². The first-order valence-electron chi connectivity index (χ1n) is 6.43. The van der Waals surface area contributed by atoms with Crippen LogP contribution in [-0.4, -0.2) is 17.0 Å². The predicted molar refractivity (Wildman–Crippen MR) is 64.8 cm³/mol. The fourth-order valence-corrected chi connectivity index (χ4v) is 2.57. The highest BCUT2D eigenvalue weighted by Gasteiger charge is 2.28. The lowest BCUT2D eigenvalue weighted by Gasteiger charge is -2.11. The van der Waals surface area contributed by atoms with Gasteiger partial charge in [-0.25, -0.2) is 9.97 Å². The minimum atomic E-state index is 0.647. The van der Waals surface area contributed by atoms with Crippen LogP contribution in [-0.2, 0) is 0 Å². The lowest BCUT2D eigenvalue weighted by atomic mass is 10.0. The number of nitrogens with one attached hydrogen (secondary N) is 1. The van der Waals surface area contributed by atoms with Crippen molar-refractivity contribution in [1.29, 1.82) is 0 Å². The molecule has 0 bridgehead atoms. The number of hydrogen-bond donors (Lipinski definition) is 1. The largest absolute Gasteiger partial charge is 0.373 e. The van der Waals surface area contributed by atoms with Gasteiger partial charge in [0.15, 0.2) is 0 Å². The Bertz CT molecular complexity index is 379. The van der Waals surface area contributed by atoms with Crippen molar-refractivity contribution in [3.63, 3.8) is 0 Å². The average Bonchev–Trinajstić information content (AvgIpc) is 3.04. The molecule has 0 aliphatic heterocycles. The van der Waals surface area contributed by atoms with Crippen LogP contribution in [0.15, 0.2) is 6.07 Å². The molecule has 3 rings (SSSR count). The maximum atomic E-state index is 4.77. The highest BCUT2D eigenvalue weighted by Crippen LogP contribution is 2.40. The van der Waals surface area contributed by atoms with E-state index in [-0.39, 0.29) is 0 Å². The summed E-state index contributed by atoms with van der Waals surface area (Å²) in [6.45, 7) is 0. The van der Waals surface area contributed by atoms with Crippen LogP contribution in [0.1, 0.15) is 61.9 Å². The molecule has 16 heavy (non-hydrogen) atoms. The van der Waals surface area contributed by atoms with Gasteiger partial charge in [0, 0.05) is 30.6 Å². The summed E-state index contributed by atoms with van der Waals surface area (Å²) < 4.78 is 0. The third-order valence-electron chi connectivity index (χ3n) is 3.74. The van der Waals surface area contributed by atoms with Crippen LogP contribution in [0.25, 0.3) is 0 Å². The van der Waals surface area contributed by atoms with E-state index in [4.69, 9.17) is 4.98 Å². The zero-order valence-electron chi connectivity index (χ0n) is 9.87. The van der Waals surface area contributed by atoms with Crippen LogP contribution in [0, 0.1) is 0 Å². The van der Waals surface area contributed by atoms with E-state index in [1.165, 1.54) is 44.2 Å². The predicted octanol–water partition coefficient (Wildman–Crippen LogP) is 3.05. The lowest BCUT2D eigenvalue weighted by molar-refractivity contribution is 0.684. The molecule has 3 heteroatoms. The zero-order chi connectivity index (χ0) is 11.0. The van der Waals surface area contributed by atoms with Crippen molar-refractivity contribution >= 4 is 5.82 Å². The van der Waals surface area contributed by atoms with E-state index in [1.807, 2.05) is 7.05 Å². The summed E-state index contributed by atoms with van der Waals surface area (Å²) in [5.41, 5.74) is 1.28. The quantitative estimate of drug-likeness (QED) is 0.845. The number of nitrogens with zero attached hydrogens (tertiary/aromatic N) is 2. The van der Waals surface area contributed by atoms with Crippen LogP contribution in [0.4, 0.5) is 5.82 Å². The van der Waals surface area contributed by atoms with Gasteiger partial charge in [0.2, 0.25) is 0 Å². The summed E-state index contributed by atoms with van der Waals surface area (Å²) in [4.78, 5) is 9.34. The maximum absolute atomic E-state index is 4.77. The Morgan fingerprint density at radius 1 is 1.06 bits per heavy atom. The van der Waals surface area contributed by atoms with Crippen molar-refractivity contribution in [3.05, 3.63) is 17.6 Å². The van der Waals surface area contributed by atoms with Crippen LogP contribution in [0.5, 0.6) is 0 Å². The summed E-state index contributed by atoms with van der Waals surface area (Å²) in [5.74, 6) is 3.41. The van der Waals surface area contributed by atoms with Gasteiger partial charge in [-0.15, -0.1) is 0 Å². The molecule has 1 aromatic rings. The fourth-order valence-electron chi connectivity index (χ4n) is 2.57. The molecule has 0 atom stereocenters. The van der Waals surface area contributed by atoms with E-state index in [9.17, 15) is 0 Å². The molecule has 0 unspecified atom stereocenters. The van der Waals surface area contributed by atoms with Gasteiger partial charge >= 0.3 is 0 Å². The Labute approximate surface area is 96.7 Å². The number of hydrogen-bond acceptors (Lipinski definition) is 3. The van der Waals surface area contributed by atoms with E-state index in [2.05, 4.69) is 16.4 Å². The first-order valence-corrected chi connectivity index (χ1v) is 6.43. The smallest absolute Gasteiger partial charge is 0.134 e. The summed E-state index contributed by atoms with van der Waals surface area (Å²) in [6, 6.07) is 2.14. The summed E-state index contributed by atoms with van der Waals surface area (Å²) in [5, 5.41) is 3.16. The van der Waals surface area contributed by atoms with Gasteiger partial charge in [-0.3, -0.25) is 0 Å². The van der Waals surface area contributed by atoms with E-state index in [0.717, 1.165) is 11.6 Å². The molecular weight excluding hydrogens is 198 g/mol. The molecule has 1 N–H and O–H groups in total. The zero-order valence-corrected chi connectivity index (χ0v) is 9.87. The molecule has 0 spiro atoms. The molecule has 2 fully saturated rings. The van der Waals surface area contributed by atoms with Crippen molar-refractivity contribution in [1.82, 2.24) is 9.97 Å². The standard InChI is InChI=1S/C13H19N3/c1-14-12-8-11(9-4-2-3-5-9)15-13(16-12)10-6-7-10/h8-10H,2-7H2,1H3,(H,14,15,16). The second-order valence-corrected chi connectivity index (χ2v) is 5.04. The first-order chi connectivity index (χ1) is 7.86. The second-order valence-electron chi connectivity index (χ2n) is 5.04. The van der Waals surface area contributed by atoms with E-state index >= 15 is 0 Å². The molecule has 1 heterocycles. The van der Waals surface area contributed by atoms with Crippen molar-refractivity contribution in [2.24, 2.45) is 0 Å². The van der Waals surface area contributed by atoms with E-state index < -0.39 is 0 Å². The van der Waals surface area contributed by atoms with Crippen LogP contribution < -0.4 is 5.32 Å². The molecule has 0 amide bonds. The Balaban J connectivity index is 1.92. The SMILES string of the molecule is CNc1cc(C2CCCC2)nc(C2CC2)n1. The van der Waals surface area contributed by atoms with Crippen molar-refractivity contribution in [3.8, 4) is 0 Å². The maximum Gasteiger partial charge on any atom is 0.134 e. The molecule has 2 aliphatic rings. The molecule has 2 aliphatic carbocycles. The fraction of sp³-hybridized carbons (Fsp3) is 0.692. The summed E-state index contributed by atoms with van der Waals surface area (Å²) in [7, 11) is 1.94. The average molecular weight is 217 g/mol. The normalized spacial score (nSPS) is 21.3. The first kappa shape index (κ1) is 10.1. The minimum Gasteiger partial charge on any atom is -0.373 e. The van der Waals surface area contributed by atoms with Gasteiger partial charge < -0.3 is 5.32 Å². The second kappa shape index (κ2) is 4.04. The van der Waals surface area contributed by atoms with Gasteiger partial charge in [0.25, 0.3) is 0 Å². The molecule has 3 nitrogen and oxygen atoms in total. The van der Waals surface area contributed by atoms with Crippen LogP contribution in [0.2, 0.25) is 0 Å². The molecule has 0 aromatic carbocycles. The van der Waals surface area contributed by atoms with Crippen LogP contribution in [0.3, 0.4) is 0 Å². The van der Waals surface area contributed by atoms with E-state index in [1.54, 1.807) is 0 Å². The highest BCUT2D eigenvalue weighted by molar-refractivity contribution is 5.37. The van der Waals surface area contributed by atoms with Crippen LogP contribution >= 0.6 is 0 Å². The molecular formula is C13H19N3.